The van der Waals surface area contributed by atoms with Crippen molar-refractivity contribution in [1.29, 1.82) is 0 Å². The van der Waals surface area contributed by atoms with Crippen molar-refractivity contribution in [1.82, 2.24) is 10.2 Å². The largest absolute Gasteiger partial charge is 0.481 e. The molecule has 2 rings (SSSR count). The predicted octanol–water partition coefficient (Wildman–Crippen LogP) is 4.39. The molecule has 1 aromatic rings. The van der Waals surface area contributed by atoms with Crippen molar-refractivity contribution in [3.8, 4) is 0 Å². The lowest BCUT2D eigenvalue weighted by Crippen LogP contribution is -2.42. The highest BCUT2D eigenvalue weighted by Gasteiger charge is 2.32. The summed E-state index contributed by atoms with van der Waals surface area (Å²) >= 11 is 12.0. The molecule has 0 saturated carbocycles. The zero-order chi connectivity index (χ0) is 20.6. The molecule has 0 amide bonds. The Kier molecular flexibility index (Phi) is 9.62. The van der Waals surface area contributed by atoms with Crippen molar-refractivity contribution in [3.63, 3.8) is 0 Å². The molecule has 7 heteroatoms. The second-order valence-electron chi connectivity index (χ2n) is 8.32. The molecule has 1 heterocycles. The van der Waals surface area contributed by atoms with Gasteiger partial charge in [0.1, 0.15) is 7.85 Å². The van der Waals surface area contributed by atoms with E-state index in [4.69, 9.17) is 23.2 Å². The minimum atomic E-state index is -0.647. The molecule has 1 fully saturated rings. The fourth-order valence-corrected chi connectivity index (χ4v) is 4.19. The second-order valence-corrected chi connectivity index (χ2v) is 9.13. The monoisotopic (exact) mass is 426 g/mol. The number of nitrogens with one attached hydrogen (secondary N) is 1. The summed E-state index contributed by atoms with van der Waals surface area (Å²) < 4.78 is 0. The number of carboxylic acid groups (broad SMARTS) is 1. The van der Waals surface area contributed by atoms with Crippen LogP contribution >= 0.6 is 23.2 Å². The predicted molar refractivity (Wildman–Crippen MR) is 120 cm³/mol. The van der Waals surface area contributed by atoms with Gasteiger partial charge in [0, 0.05) is 17.9 Å². The van der Waals surface area contributed by atoms with Crippen molar-refractivity contribution in [2.24, 2.45) is 0 Å². The van der Waals surface area contributed by atoms with E-state index in [0.717, 1.165) is 76.7 Å². The number of unbranched alkanes of at least 4 members (excludes halogenated alkanes) is 1. The molecule has 0 aromatic heterocycles. The van der Waals surface area contributed by atoms with E-state index in [2.05, 4.69) is 17.1 Å². The Labute approximate surface area is 180 Å². The Morgan fingerprint density at radius 3 is 2.54 bits per heavy atom. The number of halogens is 2. The minimum Gasteiger partial charge on any atom is -0.481 e. The number of carbonyl (C=O) groups is 1. The number of likely N-dealkylation sites (tertiary alicyclic amines) is 1. The van der Waals surface area contributed by atoms with Gasteiger partial charge in [0.15, 0.2) is 0 Å². The third kappa shape index (κ3) is 7.25. The number of nitrogens with zero attached hydrogens (tertiary/aromatic N) is 1. The van der Waals surface area contributed by atoms with Crippen molar-refractivity contribution >= 4 is 37.0 Å². The maximum atomic E-state index is 11.6. The first-order chi connectivity index (χ1) is 13.3. The molecule has 0 spiro atoms. The number of hydrogen-bond acceptors (Lipinski definition) is 3. The van der Waals surface area contributed by atoms with Crippen LogP contribution in [0.5, 0.6) is 0 Å². The maximum absolute atomic E-state index is 11.6. The number of benzene rings is 1. The van der Waals surface area contributed by atoms with E-state index in [0.29, 0.717) is 16.1 Å². The summed E-state index contributed by atoms with van der Waals surface area (Å²) in [6.07, 6.45) is 6.76. The highest BCUT2D eigenvalue weighted by Crippen LogP contribution is 2.35. The number of aliphatic carboxylic acids is 1. The molecular formula is C21H33BCl2N2O2. The van der Waals surface area contributed by atoms with Crippen LogP contribution in [0.4, 0.5) is 0 Å². The Morgan fingerprint density at radius 2 is 1.93 bits per heavy atom. The van der Waals surface area contributed by atoms with Crippen LogP contribution in [0, 0.1) is 0 Å². The first kappa shape index (κ1) is 23.5. The van der Waals surface area contributed by atoms with Crippen LogP contribution in [-0.2, 0) is 11.3 Å². The molecule has 4 nitrogen and oxygen atoms in total. The van der Waals surface area contributed by atoms with Gasteiger partial charge in [-0.05, 0) is 69.4 Å². The van der Waals surface area contributed by atoms with Crippen molar-refractivity contribution < 1.29 is 9.90 Å². The van der Waals surface area contributed by atoms with Gasteiger partial charge >= 0.3 is 5.97 Å². The molecule has 1 unspecified atom stereocenters. The highest BCUT2D eigenvalue weighted by molar-refractivity contribution is 6.42. The van der Waals surface area contributed by atoms with Gasteiger partial charge in [0.25, 0.3) is 0 Å². The van der Waals surface area contributed by atoms with E-state index in [9.17, 15) is 9.90 Å². The van der Waals surface area contributed by atoms with Gasteiger partial charge in [-0.2, -0.15) is 0 Å². The van der Waals surface area contributed by atoms with Gasteiger partial charge in [-0.1, -0.05) is 49.0 Å². The van der Waals surface area contributed by atoms with E-state index >= 15 is 0 Å². The molecule has 1 atom stereocenters. The van der Waals surface area contributed by atoms with Crippen LogP contribution < -0.4 is 5.32 Å². The normalized spacial score (nSPS) is 18.1. The molecule has 0 bridgehead atoms. The van der Waals surface area contributed by atoms with Crippen molar-refractivity contribution in [3.05, 3.63) is 33.8 Å². The summed E-state index contributed by atoms with van der Waals surface area (Å²) in [5.41, 5.74) is 1.15. The average molecular weight is 427 g/mol. The van der Waals surface area contributed by atoms with E-state index in [1.807, 2.05) is 26.0 Å². The summed E-state index contributed by atoms with van der Waals surface area (Å²) in [6, 6.07) is 6.28. The lowest BCUT2D eigenvalue weighted by molar-refractivity contribution is -0.141. The number of hydrogen-bond donors (Lipinski definition) is 2. The van der Waals surface area contributed by atoms with Gasteiger partial charge < -0.3 is 15.3 Å². The molecule has 1 saturated heterocycles. The standard InChI is InChI=1S/C21H33BCl2N2O2/c1-2-3-9-21(22,20(27)28)10-4-11-26-12-7-17(8-13-26)25-15-16-5-6-18(23)19(24)14-16/h5-6,14,17,25H,2-4,7-13,15,22H2,1H3,(H,27,28). The first-order valence-electron chi connectivity index (χ1n) is 10.5. The van der Waals surface area contributed by atoms with Gasteiger partial charge in [-0.15, -0.1) is 0 Å². The molecule has 1 aromatic carbocycles. The third-order valence-electron chi connectivity index (χ3n) is 5.97. The highest BCUT2D eigenvalue weighted by atomic mass is 35.5. The van der Waals surface area contributed by atoms with E-state index in [-0.39, 0.29) is 0 Å². The maximum Gasteiger partial charge on any atom is 0.301 e. The third-order valence-corrected chi connectivity index (χ3v) is 6.71. The number of carboxylic acids is 1. The topological polar surface area (TPSA) is 52.6 Å². The van der Waals surface area contributed by atoms with Crippen LogP contribution in [0.2, 0.25) is 15.4 Å². The fraction of sp³-hybridized carbons (Fsp3) is 0.667. The van der Waals surface area contributed by atoms with E-state index in [1.165, 1.54) is 0 Å². The smallest absolute Gasteiger partial charge is 0.301 e. The Hall–Kier alpha value is -0.745. The Morgan fingerprint density at radius 1 is 1.25 bits per heavy atom. The molecule has 0 radical (unpaired) electrons. The van der Waals surface area contributed by atoms with Crippen molar-refractivity contribution in [2.45, 2.75) is 69.8 Å². The zero-order valence-corrected chi connectivity index (χ0v) is 18.7. The first-order valence-corrected chi connectivity index (χ1v) is 11.2. The van der Waals surface area contributed by atoms with Crippen LogP contribution in [0.25, 0.3) is 0 Å². The molecule has 1 aliphatic rings. The van der Waals surface area contributed by atoms with Gasteiger partial charge in [0.05, 0.1) is 10.0 Å². The quantitative estimate of drug-likeness (QED) is 0.515. The molecule has 2 N–H and O–H groups in total. The van der Waals surface area contributed by atoms with Crippen LogP contribution in [0.15, 0.2) is 18.2 Å². The molecule has 1 aliphatic heterocycles. The summed E-state index contributed by atoms with van der Waals surface area (Å²) in [5, 5.41) is 13.8. The molecule has 0 aliphatic carbocycles. The summed E-state index contributed by atoms with van der Waals surface area (Å²) in [5.74, 6) is -0.647. The van der Waals surface area contributed by atoms with Crippen LogP contribution in [0.1, 0.15) is 57.4 Å². The summed E-state index contributed by atoms with van der Waals surface area (Å²) in [4.78, 5) is 14.1. The second kappa shape index (κ2) is 11.4. The van der Waals surface area contributed by atoms with Gasteiger partial charge in [-0.3, -0.25) is 4.79 Å². The molecular weight excluding hydrogens is 394 g/mol. The van der Waals surface area contributed by atoms with E-state index < -0.39 is 11.3 Å². The SMILES string of the molecule is BC(CCCC)(CCCN1CCC(NCc2ccc(Cl)c(Cl)c2)CC1)C(=O)O. The molecule has 156 valence electrons. The van der Waals surface area contributed by atoms with Gasteiger partial charge in [0.2, 0.25) is 0 Å². The lowest BCUT2D eigenvalue weighted by Gasteiger charge is -2.33. The summed E-state index contributed by atoms with van der Waals surface area (Å²) in [6.45, 7) is 6.04. The number of piperidine rings is 1. The average Bonchev–Trinajstić information content (AvgIpc) is 2.68. The Bertz CT molecular complexity index is 639. The van der Waals surface area contributed by atoms with Crippen LogP contribution in [0.3, 0.4) is 0 Å². The fourth-order valence-electron chi connectivity index (χ4n) is 3.87. The minimum absolute atomic E-state index is 0.513. The van der Waals surface area contributed by atoms with Gasteiger partial charge in [-0.25, -0.2) is 0 Å². The van der Waals surface area contributed by atoms with Crippen molar-refractivity contribution in [2.75, 3.05) is 19.6 Å². The molecule has 28 heavy (non-hydrogen) atoms. The summed E-state index contributed by atoms with van der Waals surface area (Å²) in [7, 11) is 1.91. The number of rotatable bonds is 11. The van der Waals surface area contributed by atoms with E-state index in [1.54, 1.807) is 0 Å². The lowest BCUT2D eigenvalue weighted by atomic mass is 9.63. The van der Waals surface area contributed by atoms with Crippen LogP contribution in [-0.4, -0.2) is 49.5 Å². The zero-order valence-electron chi connectivity index (χ0n) is 17.1. The Balaban J connectivity index is 1.67.